The number of carbonyl (C=O) groups is 1. The van der Waals surface area contributed by atoms with Crippen LogP contribution < -0.4 is 33.7 Å². The van der Waals surface area contributed by atoms with Crippen molar-refractivity contribution in [1.82, 2.24) is 5.32 Å². The molecular formula is C38H47N5O14. The molecule has 308 valence electrons. The summed E-state index contributed by atoms with van der Waals surface area (Å²) in [6.07, 6.45) is -17.7. The molecule has 1 saturated carbocycles. The minimum absolute atomic E-state index is 0.0103. The number of hydrogen-bond acceptors (Lipinski definition) is 18. The summed E-state index contributed by atoms with van der Waals surface area (Å²) in [6.45, 7) is -0.539. The summed E-state index contributed by atoms with van der Waals surface area (Å²) in [7, 11) is 0. The van der Waals surface area contributed by atoms with Crippen molar-refractivity contribution in [2.45, 2.75) is 98.2 Å². The highest BCUT2D eigenvalue weighted by molar-refractivity contribution is 6.09. The second-order valence-electron chi connectivity index (χ2n) is 14.7. The van der Waals surface area contributed by atoms with Crippen LogP contribution in [0.1, 0.15) is 16.8 Å². The number of hydrogen-bond donors (Lipinski definition) is 12. The van der Waals surface area contributed by atoms with E-state index >= 15 is 0 Å². The van der Waals surface area contributed by atoms with Crippen LogP contribution in [0.5, 0.6) is 5.75 Å². The number of phenols is 1. The predicted molar refractivity (Wildman–Crippen MR) is 199 cm³/mol. The molecule has 14 unspecified atom stereocenters. The third-order valence-electron chi connectivity index (χ3n) is 10.9. The van der Waals surface area contributed by atoms with Gasteiger partial charge in [-0.25, -0.2) is 0 Å². The first-order valence-corrected chi connectivity index (χ1v) is 18.4. The average molecular weight is 798 g/mol. The molecule has 1 amide bonds. The lowest BCUT2D eigenvalue weighted by Gasteiger charge is -2.48. The van der Waals surface area contributed by atoms with Gasteiger partial charge < -0.3 is 87.4 Å². The molecule has 0 aromatic heterocycles. The Morgan fingerprint density at radius 2 is 1.42 bits per heavy atom. The molecule has 2 aliphatic carbocycles. The van der Waals surface area contributed by atoms with Gasteiger partial charge in [0, 0.05) is 59.4 Å². The van der Waals surface area contributed by atoms with Gasteiger partial charge in [-0.05, 0) is 42.3 Å². The average Bonchev–Trinajstić information content (AvgIpc) is 3.19. The molecule has 3 aliphatic heterocycles. The fourth-order valence-electron chi connectivity index (χ4n) is 7.76. The Balaban J connectivity index is 1.08. The second kappa shape index (κ2) is 16.6. The van der Waals surface area contributed by atoms with Crippen LogP contribution in [0.15, 0.2) is 69.9 Å². The fraction of sp³-hybridized carbons (Fsp3) is 0.474. The number of aromatic hydroxyl groups is 1. The molecule has 5 aliphatic rings. The molecule has 0 bridgehead atoms. The maximum Gasteiger partial charge on any atom is 0.252 e. The molecule has 57 heavy (non-hydrogen) atoms. The summed E-state index contributed by atoms with van der Waals surface area (Å²) in [6, 6.07) is 12.3. The molecule has 2 aromatic rings. The topological polar surface area (TPSA) is 342 Å². The molecule has 16 N–H and O–H groups in total. The number of nitrogens with one attached hydrogen (secondary N) is 1. The van der Waals surface area contributed by atoms with E-state index in [1.165, 1.54) is 24.3 Å². The van der Waals surface area contributed by atoms with Crippen LogP contribution in [0.25, 0.3) is 33.4 Å². The Hall–Kier alpha value is -4.16. The van der Waals surface area contributed by atoms with Crippen LogP contribution >= 0.6 is 0 Å². The fourth-order valence-corrected chi connectivity index (χ4v) is 7.76. The SMILES string of the molecule is NCC1OC(OC2C(N)C[C@H](N)C(OC3OC(CNC(=O)c4ccccc4-c4c5ccc(=O)cc-5oc5cc(O)ccc45)C(O)C(N)C3O)C2O)C(O)C(O)C1O. The standard InChI is InChI=1S/C38H47N5O14/c39-12-24-29(47)31(49)32(50)38(54-24)57-35-21(41)11-20(40)34(33(35)51)56-37-30(48)27(42)28(46)25(55-37)13-43-36(52)17-4-2-1-3-16(17)26-18-7-5-14(44)9-22(18)53-23-10-15(45)6-8-19(23)26/h1-10,20-21,24-25,27-35,37-38,44,46-51H,11-13,39-42H2,(H,43,52)/t20-,21?,24?,25?,27?,28?,29?,30?,31?,32?,33?,34?,35?,37?,38?/m0/s1. The van der Waals surface area contributed by atoms with Crippen LogP contribution in [0.4, 0.5) is 0 Å². The number of rotatable bonds is 9. The lowest BCUT2D eigenvalue weighted by atomic mass is 9.84. The quantitative estimate of drug-likeness (QED) is 0.0739. The van der Waals surface area contributed by atoms with Crippen molar-refractivity contribution in [3.05, 3.63) is 76.5 Å². The molecule has 0 radical (unpaired) electrons. The number of amides is 1. The minimum Gasteiger partial charge on any atom is -0.508 e. The van der Waals surface area contributed by atoms with Crippen LogP contribution in [-0.4, -0.2) is 146 Å². The molecular weight excluding hydrogens is 750 g/mol. The van der Waals surface area contributed by atoms with Gasteiger partial charge in [0.15, 0.2) is 18.0 Å². The zero-order valence-electron chi connectivity index (χ0n) is 30.4. The summed E-state index contributed by atoms with van der Waals surface area (Å²) in [5.74, 6) is -0.406. The molecule has 2 aromatic carbocycles. The number of fused-ring (bicyclic) bond motifs is 2. The first-order valence-electron chi connectivity index (χ1n) is 18.4. The normalized spacial score (nSPS) is 36.0. The van der Waals surface area contributed by atoms with E-state index < -0.39 is 97.7 Å². The lowest BCUT2D eigenvalue weighted by molar-refractivity contribution is -0.330. The van der Waals surface area contributed by atoms with Gasteiger partial charge in [-0.2, -0.15) is 0 Å². The Kier molecular flexibility index (Phi) is 11.9. The van der Waals surface area contributed by atoms with Gasteiger partial charge in [0.05, 0.1) is 12.1 Å². The monoisotopic (exact) mass is 797 g/mol. The molecule has 15 atom stereocenters. The third-order valence-corrected chi connectivity index (χ3v) is 10.9. The molecule has 0 spiro atoms. The van der Waals surface area contributed by atoms with E-state index in [9.17, 15) is 45.3 Å². The van der Waals surface area contributed by atoms with Crippen LogP contribution in [0.3, 0.4) is 0 Å². The Morgan fingerprint density at radius 1 is 0.754 bits per heavy atom. The van der Waals surface area contributed by atoms with Gasteiger partial charge in [-0.3, -0.25) is 9.59 Å². The molecule has 3 fully saturated rings. The highest BCUT2D eigenvalue weighted by atomic mass is 16.7. The number of phenolic OH excluding ortho intramolecular Hbond substituents is 1. The highest BCUT2D eigenvalue weighted by Gasteiger charge is 2.51. The van der Waals surface area contributed by atoms with Gasteiger partial charge in [-0.1, -0.05) is 18.2 Å². The predicted octanol–water partition coefficient (Wildman–Crippen LogP) is -3.27. The van der Waals surface area contributed by atoms with E-state index in [2.05, 4.69) is 5.32 Å². The van der Waals surface area contributed by atoms with Gasteiger partial charge in [0.25, 0.3) is 5.91 Å². The van der Waals surface area contributed by atoms with Crippen molar-refractivity contribution in [3.63, 3.8) is 0 Å². The van der Waals surface area contributed by atoms with Crippen molar-refractivity contribution in [1.29, 1.82) is 0 Å². The summed E-state index contributed by atoms with van der Waals surface area (Å²) in [5, 5.41) is 77.9. The van der Waals surface area contributed by atoms with Crippen LogP contribution in [0, 0.1) is 0 Å². The van der Waals surface area contributed by atoms with Crippen molar-refractivity contribution in [3.8, 4) is 28.2 Å². The van der Waals surface area contributed by atoms with Crippen LogP contribution in [0.2, 0.25) is 0 Å². The van der Waals surface area contributed by atoms with E-state index in [1.807, 2.05) is 0 Å². The third kappa shape index (κ3) is 7.88. The smallest absolute Gasteiger partial charge is 0.252 e. The Labute approximate surface area is 324 Å². The Bertz CT molecular complexity index is 2090. The molecule has 7 rings (SSSR count). The van der Waals surface area contributed by atoms with Crippen molar-refractivity contribution < 1.29 is 63.9 Å². The number of ether oxygens (including phenoxy) is 4. The summed E-state index contributed by atoms with van der Waals surface area (Å²) >= 11 is 0. The van der Waals surface area contributed by atoms with Gasteiger partial charge in [0.2, 0.25) is 0 Å². The number of carbonyl (C=O) groups excluding carboxylic acids is 1. The summed E-state index contributed by atoms with van der Waals surface area (Å²) in [5.41, 5.74) is 26.2. The number of nitrogens with two attached hydrogens (primary N) is 4. The molecule has 2 saturated heterocycles. The summed E-state index contributed by atoms with van der Waals surface area (Å²) < 4.78 is 29.3. The van der Waals surface area contributed by atoms with Gasteiger partial charge in [-0.15, -0.1) is 0 Å². The first-order chi connectivity index (χ1) is 27.2. The van der Waals surface area contributed by atoms with Gasteiger partial charge >= 0.3 is 0 Å². The highest BCUT2D eigenvalue weighted by Crippen LogP contribution is 2.42. The second-order valence-corrected chi connectivity index (χ2v) is 14.7. The van der Waals surface area contributed by atoms with E-state index in [4.69, 9.17) is 46.3 Å². The first kappa shape index (κ1) is 41.0. The number of aliphatic hydroxyl groups excluding tert-OH is 6. The molecule has 3 heterocycles. The summed E-state index contributed by atoms with van der Waals surface area (Å²) in [4.78, 5) is 26.1. The van der Waals surface area contributed by atoms with E-state index in [0.29, 0.717) is 22.1 Å². The minimum atomic E-state index is -1.73. The zero-order valence-corrected chi connectivity index (χ0v) is 30.4. The van der Waals surface area contributed by atoms with Crippen molar-refractivity contribution in [2.75, 3.05) is 13.1 Å². The van der Waals surface area contributed by atoms with Crippen LogP contribution in [-0.2, 0) is 18.9 Å². The van der Waals surface area contributed by atoms with Gasteiger partial charge in [0.1, 0.15) is 72.0 Å². The largest absolute Gasteiger partial charge is 0.508 e. The van der Waals surface area contributed by atoms with Crippen molar-refractivity contribution in [2.24, 2.45) is 22.9 Å². The maximum absolute atomic E-state index is 13.9. The number of benzene rings is 3. The van der Waals surface area contributed by atoms with E-state index in [1.54, 1.807) is 36.4 Å². The Morgan fingerprint density at radius 3 is 2.12 bits per heavy atom. The number of aliphatic hydroxyl groups is 6. The van der Waals surface area contributed by atoms with Crippen molar-refractivity contribution >= 4 is 16.9 Å². The van der Waals surface area contributed by atoms with E-state index in [0.717, 1.165) is 0 Å². The molecule has 19 nitrogen and oxygen atoms in total. The maximum atomic E-state index is 13.9. The zero-order chi connectivity index (χ0) is 40.9. The van der Waals surface area contributed by atoms with E-state index in [-0.39, 0.29) is 47.6 Å². The lowest BCUT2D eigenvalue weighted by Crippen LogP contribution is -2.68. The molecule has 19 heteroatoms.